The van der Waals surface area contributed by atoms with E-state index >= 15 is 0 Å². The van der Waals surface area contributed by atoms with Crippen LogP contribution in [0.4, 0.5) is 0 Å². The van der Waals surface area contributed by atoms with Gasteiger partial charge in [0, 0.05) is 13.0 Å². The molecule has 0 unspecified atom stereocenters. The van der Waals surface area contributed by atoms with Crippen LogP contribution in [0.25, 0.3) is 0 Å². The molecule has 0 fully saturated rings. The zero-order chi connectivity index (χ0) is 9.78. The number of aliphatic carboxylic acids is 1. The molecule has 0 spiro atoms. The van der Waals surface area contributed by atoms with E-state index in [2.05, 4.69) is 0 Å². The Morgan fingerprint density at radius 3 is 2.17 bits per heavy atom. The highest BCUT2D eigenvalue weighted by atomic mass is 16.4. The predicted molar refractivity (Wildman–Crippen MR) is 42.0 cm³/mol. The standard InChI is InChI=1S/C6H13N3O3/c7-3-6(9,5(11)12)2-1-4(8)10/h1-3,7,9H2,(H2,8,10)(H,11,12)/t6-/m1/s1. The summed E-state index contributed by atoms with van der Waals surface area (Å²) in [6.45, 7) is -0.213. The zero-order valence-electron chi connectivity index (χ0n) is 6.62. The normalized spacial score (nSPS) is 15.2. The van der Waals surface area contributed by atoms with Crippen molar-refractivity contribution in [1.29, 1.82) is 0 Å². The van der Waals surface area contributed by atoms with Crippen molar-refractivity contribution < 1.29 is 14.7 Å². The molecule has 0 saturated carbocycles. The fourth-order valence-electron chi connectivity index (χ4n) is 0.643. The van der Waals surface area contributed by atoms with Gasteiger partial charge in [0.15, 0.2) is 0 Å². The largest absolute Gasteiger partial charge is 0.480 e. The van der Waals surface area contributed by atoms with Crippen LogP contribution < -0.4 is 17.2 Å². The lowest BCUT2D eigenvalue weighted by Crippen LogP contribution is -2.54. The highest BCUT2D eigenvalue weighted by Crippen LogP contribution is 2.07. The molecular formula is C6H13N3O3. The molecule has 0 aliphatic heterocycles. The minimum absolute atomic E-state index is 0.0336. The number of rotatable bonds is 5. The molecule has 70 valence electrons. The average Bonchev–Trinajstić information content (AvgIpc) is 1.99. The monoisotopic (exact) mass is 175 g/mol. The number of carbonyl (C=O) groups is 2. The van der Waals surface area contributed by atoms with Crippen molar-refractivity contribution in [2.75, 3.05) is 6.54 Å². The first-order valence-electron chi connectivity index (χ1n) is 3.43. The zero-order valence-corrected chi connectivity index (χ0v) is 6.62. The molecule has 6 nitrogen and oxygen atoms in total. The molecular weight excluding hydrogens is 162 g/mol. The highest BCUT2D eigenvalue weighted by molar-refractivity contribution is 5.80. The fourth-order valence-corrected chi connectivity index (χ4v) is 0.643. The lowest BCUT2D eigenvalue weighted by Gasteiger charge is -2.21. The summed E-state index contributed by atoms with van der Waals surface area (Å²) in [6.07, 6.45) is -0.103. The van der Waals surface area contributed by atoms with Crippen LogP contribution in [0.1, 0.15) is 12.8 Å². The molecule has 12 heavy (non-hydrogen) atoms. The van der Waals surface area contributed by atoms with E-state index in [9.17, 15) is 9.59 Å². The Morgan fingerprint density at radius 1 is 1.42 bits per heavy atom. The molecule has 0 aliphatic carbocycles. The van der Waals surface area contributed by atoms with E-state index in [1.807, 2.05) is 0 Å². The number of amides is 1. The van der Waals surface area contributed by atoms with Gasteiger partial charge in [0.25, 0.3) is 0 Å². The molecule has 1 atom stereocenters. The van der Waals surface area contributed by atoms with E-state index in [1.165, 1.54) is 0 Å². The van der Waals surface area contributed by atoms with Crippen LogP contribution in [0.2, 0.25) is 0 Å². The number of carboxylic acids is 1. The molecule has 0 rings (SSSR count). The molecule has 1 amide bonds. The first-order chi connectivity index (χ1) is 5.42. The number of nitrogens with two attached hydrogens (primary N) is 3. The Morgan fingerprint density at radius 2 is 1.92 bits per heavy atom. The minimum Gasteiger partial charge on any atom is -0.480 e. The molecule has 0 heterocycles. The van der Waals surface area contributed by atoms with Gasteiger partial charge in [-0.05, 0) is 6.42 Å². The first-order valence-corrected chi connectivity index (χ1v) is 3.43. The van der Waals surface area contributed by atoms with E-state index in [0.717, 1.165) is 0 Å². The van der Waals surface area contributed by atoms with Crippen LogP contribution in [-0.4, -0.2) is 29.1 Å². The van der Waals surface area contributed by atoms with Crippen LogP contribution in [0.15, 0.2) is 0 Å². The van der Waals surface area contributed by atoms with Crippen LogP contribution >= 0.6 is 0 Å². The summed E-state index contributed by atoms with van der Waals surface area (Å²) in [5.41, 5.74) is 13.8. The maximum Gasteiger partial charge on any atom is 0.325 e. The second-order valence-electron chi connectivity index (χ2n) is 2.63. The Hall–Kier alpha value is -1.14. The summed E-state index contributed by atoms with van der Waals surface area (Å²) >= 11 is 0. The van der Waals surface area contributed by atoms with Gasteiger partial charge in [-0.1, -0.05) is 0 Å². The molecule has 0 aromatic carbocycles. The van der Waals surface area contributed by atoms with Crippen LogP contribution in [0.3, 0.4) is 0 Å². The van der Waals surface area contributed by atoms with Crippen molar-refractivity contribution >= 4 is 11.9 Å². The van der Waals surface area contributed by atoms with E-state index < -0.39 is 17.4 Å². The highest BCUT2D eigenvalue weighted by Gasteiger charge is 2.32. The Balaban J connectivity index is 4.15. The van der Waals surface area contributed by atoms with Gasteiger partial charge >= 0.3 is 5.97 Å². The van der Waals surface area contributed by atoms with Gasteiger partial charge in [0.2, 0.25) is 5.91 Å². The predicted octanol–water partition coefficient (Wildman–Crippen LogP) is -2.01. The number of carboxylic acid groups (broad SMARTS) is 1. The molecule has 7 N–H and O–H groups in total. The van der Waals surface area contributed by atoms with Crippen LogP contribution in [0.5, 0.6) is 0 Å². The van der Waals surface area contributed by atoms with Gasteiger partial charge < -0.3 is 22.3 Å². The van der Waals surface area contributed by atoms with E-state index in [1.54, 1.807) is 0 Å². The maximum atomic E-state index is 10.5. The van der Waals surface area contributed by atoms with Gasteiger partial charge in [-0.3, -0.25) is 9.59 Å². The molecule has 0 aromatic heterocycles. The molecule has 0 aliphatic rings. The van der Waals surface area contributed by atoms with E-state index in [4.69, 9.17) is 22.3 Å². The number of primary amides is 1. The Bertz CT molecular complexity index is 194. The quantitative estimate of drug-likeness (QED) is 0.383. The smallest absolute Gasteiger partial charge is 0.325 e. The van der Waals surface area contributed by atoms with Crippen molar-refractivity contribution in [2.45, 2.75) is 18.4 Å². The third-order valence-corrected chi connectivity index (χ3v) is 1.61. The topological polar surface area (TPSA) is 132 Å². The van der Waals surface area contributed by atoms with Gasteiger partial charge in [0.05, 0.1) is 0 Å². The van der Waals surface area contributed by atoms with Crippen molar-refractivity contribution in [2.24, 2.45) is 17.2 Å². The van der Waals surface area contributed by atoms with E-state index in [-0.39, 0.29) is 19.4 Å². The summed E-state index contributed by atoms with van der Waals surface area (Å²) in [5, 5.41) is 8.59. The van der Waals surface area contributed by atoms with Gasteiger partial charge in [0.1, 0.15) is 5.54 Å². The second kappa shape index (κ2) is 4.03. The average molecular weight is 175 g/mol. The van der Waals surface area contributed by atoms with Crippen molar-refractivity contribution in [3.8, 4) is 0 Å². The maximum absolute atomic E-state index is 10.5. The second-order valence-corrected chi connectivity index (χ2v) is 2.63. The summed E-state index contributed by atoms with van der Waals surface area (Å²) in [7, 11) is 0. The Labute approximate surface area is 69.7 Å². The van der Waals surface area contributed by atoms with E-state index in [0.29, 0.717) is 0 Å². The SMILES string of the molecule is NC[C@](N)(CCC(N)=O)C(=O)O. The Kier molecular flexibility index (Phi) is 3.65. The summed E-state index contributed by atoms with van der Waals surface area (Å²) in [5.74, 6) is -1.80. The molecule has 0 aromatic rings. The molecule has 0 radical (unpaired) electrons. The van der Waals surface area contributed by atoms with Crippen molar-refractivity contribution in [1.82, 2.24) is 0 Å². The third kappa shape index (κ3) is 2.85. The van der Waals surface area contributed by atoms with Crippen molar-refractivity contribution in [3.63, 3.8) is 0 Å². The minimum atomic E-state index is -1.53. The van der Waals surface area contributed by atoms with Crippen LogP contribution in [0, 0.1) is 0 Å². The fraction of sp³-hybridized carbons (Fsp3) is 0.667. The summed E-state index contributed by atoms with van der Waals surface area (Å²) in [4.78, 5) is 20.8. The lowest BCUT2D eigenvalue weighted by atomic mass is 9.95. The van der Waals surface area contributed by atoms with Gasteiger partial charge in [-0.25, -0.2) is 0 Å². The first kappa shape index (κ1) is 10.9. The summed E-state index contributed by atoms with van der Waals surface area (Å²) in [6, 6.07) is 0. The van der Waals surface area contributed by atoms with Gasteiger partial charge in [-0.15, -0.1) is 0 Å². The number of carbonyl (C=O) groups excluding carboxylic acids is 1. The van der Waals surface area contributed by atoms with Gasteiger partial charge in [-0.2, -0.15) is 0 Å². The third-order valence-electron chi connectivity index (χ3n) is 1.61. The number of hydrogen-bond acceptors (Lipinski definition) is 4. The molecule has 0 saturated heterocycles. The number of hydrogen-bond donors (Lipinski definition) is 4. The molecule has 6 heteroatoms. The van der Waals surface area contributed by atoms with Crippen LogP contribution in [-0.2, 0) is 9.59 Å². The summed E-state index contributed by atoms with van der Waals surface area (Å²) < 4.78 is 0. The lowest BCUT2D eigenvalue weighted by molar-refractivity contribution is -0.143. The van der Waals surface area contributed by atoms with Crippen molar-refractivity contribution in [3.05, 3.63) is 0 Å². The molecule has 0 bridgehead atoms.